The van der Waals surface area contributed by atoms with Gasteiger partial charge in [0, 0.05) is 19.0 Å². The summed E-state index contributed by atoms with van der Waals surface area (Å²) in [5, 5.41) is 4.19. The molecule has 2 nitrogen and oxygen atoms in total. The number of hydrogen-bond acceptors (Lipinski definition) is 1. The van der Waals surface area contributed by atoms with Gasteiger partial charge < -0.3 is 0 Å². The van der Waals surface area contributed by atoms with Crippen molar-refractivity contribution in [1.82, 2.24) is 9.78 Å². The highest BCUT2D eigenvalue weighted by atomic mass is 19.1. The average Bonchev–Trinajstić information content (AvgIpc) is 2.46. The molecule has 0 atom stereocenters. The van der Waals surface area contributed by atoms with Gasteiger partial charge in [-0.15, -0.1) is 0 Å². The molecule has 0 N–H and O–H groups in total. The number of aryl methyl sites for hydroxylation is 1. The van der Waals surface area contributed by atoms with Gasteiger partial charge >= 0.3 is 0 Å². The molecule has 0 aliphatic heterocycles. The van der Waals surface area contributed by atoms with E-state index < -0.39 is 6.17 Å². The van der Waals surface area contributed by atoms with Crippen LogP contribution in [0.15, 0.2) is 12.4 Å². The van der Waals surface area contributed by atoms with Crippen molar-refractivity contribution in [2.75, 3.05) is 0 Å². The third-order valence-electron chi connectivity index (χ3n) is 2.49. The van der Waals surface area contributed by atoms with Crippen LogP contribution in [0.1, 0.15) is 31.4 Å². The molecular weight excluding hydrogens is 155 g/mol. The van der Waals surface area contributed by atoms with Crippen LogP contribution in [-0.2, 0) is 6.42 Å². The van der Waals surface area contributed by atoms with Crippen molar-refractivity contribution >= 4 is 0 Å². The van der Waals surface area contributed by atoms with E-state index in [2.05, 4.69) is 12.0 Å². The number of alkyl halides is 1. The Kier molecular flexibility index (Phi) is 1.87. The summed E-state index contributed by atoms with van der Waals surface area (Å²) in [6.07, 6.45) is 5.59. The zero-order valence-corrected chi connectivity index (χ0v) is 7.20. The largest absolute Gasteiger partial charge is 0.269 e. The fourth-order valence-corrected chi connectivity index (χ4v) is 1.50. The van der Waals surface area contributed by atoms with Crippen LogP contribution in [0.2, 0.25) is 0 Å². The average molecular weight is 168 g/mol. The molecule has 0 bridgehead atoms. The third kappa shape index (κ3) is 1.24. The van der Waals surface area contributed by atoms with E-state index in [1.165, 1.54) is 5.56 Å². The van der Waals surface area contributed by atoms with Crippen molar-refractivity contribution in [2.45, 2.75) is 38.4 Å². The lowest BCUT2D eigenvalue weighted by Gasteiger charge is -2.29. The van der Waals surface area contributed by atoms with Crippen LogP contribution < -0.4 is 0 Å². The molecule has 0 saturated heterocycles. The zero-order valence-electron chi connectivity index (χ0n) is 7.20. The lowest BCUT2D eigenvalue weighted by atomic mass is 9.91. The van der Waals surface area contributed by atoms with Crippen molar-refractivity contribution in [3.8, 4) is 0 Å². The molecule has 66 valence electrons. The van der Waals surface area contributed by atoms with Gasteiger partial charge in [-0.3, -0.25) is 4.68 Å². The van der Waals surface area contributed by atoms with E-state index in [0.717, 1.165) is 6.42 Å². The van der Waals surface area contributed by atoms with Crippen LogP contribution in [0.4, 0.5) is 4.39 Å². The number of hydrogen-bond donors (Lipinski definition) is 0. The quantitative estimate of drug-likeness (QED) is 0.661. The summed E-state index contributed by atoms with van der Waals surface area (Å²) in [6.45, 7) is 2.10. The van der Waals surface area contributed by atoms with Gasteiger partial charge in [0.05, 0.1) is 12.2 Å². The highest BCUT2D eigenvalue weighted by molar-refractivity contribution is 5.04. The monoisotopic (exact) mass is 168 g/mol. The normalized spacial score (nSPS) is 28.5. The molecule has 0 spiro atoms. The van der Waals surface area contributed by atoms with Crippen molar-refractivity contribution < 1.29 is 4.39 Å². The van der Waals surface area contributed by atoms with Crippen LogP contribution in [0.3, 0.4) is 0 Å². The highest BCUT2D eigenvalue weighted by Gasteiger charge is 2.30. The first kappa shape index (κ1) is 7.77. The molecule has 0 aromatic carbocycles. The molecule has 1 aliphatic carbocycles. The predicted octanol–water partition coefficient (Wildman–Crippen LogP) is 2.12. The van der Waals surface area contributed by atoms with Crippen molar-refractivity contribution in [3.05, 3.63) is 18.0 Å². The molecule has 1 fully saturated rings. The molecule has 1 saturated carbocycles. The van der Waals surface area contributed by atoms with E-state index in [1.807, 2.05) is 17.1 Å². The zero-order chi connectivity index (χ0) is 8.55. The van der Waals surface area contributed by atoms with Gasteiger partial charge in [-0.25, -0.2) is 4.39 Å². The highest BCUT2D eigenvalue weighted by Crippen LogP contribution is 2.33. The second-order valence-corrected chi connectivity index (χ2v) is 3.40. The van der Waals surface area contributed by atoms with Gasteiger partial charge in [-0.2, -0.15) is 5.10 Å². The minimum atomic E-state index is -0.593. The second-order valence-electron chi connectivity index (χ2n) is 3.40. The Bertz CT molecular complexity index is 263. The summed E-state index contributed by atoms with van der Waals surface area (Å²) in [6, 6.07) is 0.320. The summed E-state index contributed by atoms with van der Waals surface area (Å²) in [5.41, 5.74) is 1.23. The molecule has 1 aromatic heterocycles. The Balaban J connectivity index is 2.04. The lowest BCUT2D eigenvalue weighted by molar-refractivity contribution is 0.128. The third-order valence-corrected chi connectivity index (χ3v) is 2.49. The Morgan fingerprint density at radius 2 is 2.42 bits per heavy atom. The molecule has 1 heterocycles. The van der Waals surface area contributed by atoms with Gasteiger partial charge in [-0.05, 0) is 12.0 Å². The fourth-order valence-electron chi connectivity index (χ4n) is 1.50. The van der Waals surface area contributed by atoms with E-state index >= 15 is 0 Å². The van der Waals surface area contributed by atoms with Crippen molar-refractivity contribution in [3.63, 3.8) is 0 Å². The smallest absolute Gasteiger partial charge is 0.104 e. The standard InChI is InChI=1S/C9H13FN2/c1-2-7-5-11-12(6-7)9-3-8(10)4-9/h5-6,8-9H,2-4H2,1H3. The summed E-state index contributed by atoms with van der Waals surface area (Å²) >= 11 is 0. The maximum atomic E-state index is 12.5. The maximum Gasteiger partial charge on any atom is 0.104 e. The minimum absolute atomic E-state index is 0.320. The topological polar surface area (TPSA) is 17.8 Å². The Morgan fingerprint density at radius 3 is 2.92 bits per heavy atom. The van der Waals surface area contributed by atoms with Gasteiger partial charge in [0.15, 0.2) is 0 Å². The first-order chi connectivity index (χ1) is 5.79. The lowest BCUT2D eigenvalue weighted by Crippen LogP contribution is -2.28. The number of aromatic nitrogens is 2. The molecule has 1 aliphatic rings. The predicted molar refractivity (Wildman–Crippen MR) is 44.8 cm³/mol. The number of halogens is 1. The summed E-state index contributed by atoms with van der Waals surface area (Å²) in [4.78, 5) is 0. The first-order valence-electron chi connectivity index (χ1n) is 4.46. The van der Waals surface area contributed by atoms with Gasteiger partial charge in [-0.1, -0.05) is 6.92 Å². The van der Waals surface area contributed by atoms with E-state index in [4.69, 9.17) is 0 Å². The maximum absolute atomic E-state index is 12.5. The van der Waals surface area contributed by atoms with Crippen LogP contribution in [-0.4, -0.2) is 16.0 Å². The van der Waals surface area contributed by atoms with Crippen LogP contribution in [0.25, 0.3) is 0 Å². The SMILES string of the molecule is CCc1cnn(C2CC(F)C2)c1. The van der Waals surface area contributed by atoms with Gasteiger partial charge in [0.1, 0.15) is 6.17 Å². The second kappa shape index (κ2) is 2.88. The van der Waals surface area contributed by atoms with E-state index in [0.29, 0.717) is 18.9 Å². The number of rotatable bonds is 2. The van der Waals surface area contributed by atoms with Crippen LogP contribution in [0, 0.1) is 0 Å². The molecule has 1 aromatic rings. The van der Waals surface area contributed by atoms with E-state index in [1.54, 1.807) is 0 Å². The summed E-state index contributed by atoms with van der Waals surface area (Å²) < 4.78 is 14.4. The van der Waals surface area contributed by atoms with Gasteiger partial charge in [0.25, 0.3) is 0 Å². The fraction of sp³-hybridized carbons (Fsp3) is 0.667. The Hall–Kier alpha value is -0.860. The molecule has 12 heavy (non-hydrogen) atoms. The molecule has 3 heteroatoms. The van der Waals surface area contributed by atoms with Crippen molar-refractivity contribution in [2.24, 2.45) is 0 Å². The molecule has 2 rings (SSSR count). The first-order valence-corrected chi connectivity index (χ1v) is 4.46. The molecule has 0 radical (unpaired) electrons. The molecule has 0 unspecified atom stereocenters. The van der Waals surface area contributed by atoms with Gasteiger partial charge in [0.2, 0.25) is 0 Å². The van der Waals surface area contributed by atoms with Crippen LogP contribution >= 0.6 is 0 Å². The van der Waals surface area contributed by atoms with Crippen LogP contribution in [0.5, 0.6) is 0 Å². The minimum Gasteiger partial charge on any atom is -0.269 e. The Labute approximate surface area is 71.4 Å². The van der Waals surface area contributed by atoms with Crippen molar-refractivity contribution in [1.29, 1.82) is 0 Å². The molecule has 0 amide bonds. The van der Waals surface area contributed by atoms with E-state index in [9.17, 15) is 4.39 Å². The molecular formula is C9H13FN2. The number of nitrogens with zero attached hydrogens (tertiary/aromatic N) is 2. The summed E-state index contributed by atoms with van der Waals surface area (Å²) in [7, 11) is 0. The Morgan fingerprint density at radius 1 is 1.67 bits per heavy atom. The summed E-state index contributed by atoms with van der Waals surface area (Å²) in [5.74, 6) is 0. The van der Waals surface area contributed by atoms with E-state index in [-0.39, 0.29) is 0 Å².